The molecule has 1 aromatic heterocycles. The van der Waals surface area contributed by atoms with E-state index < -0.39 is 0 Å². The van der Waals surface area contributed by atoms with Crippen LogP contribution in [0.4, 0.5) is 4.39 Å². The van der Waals surface area contributed by atoms with Crippen LogP contribution < -0.4 is 5.32 Å². The molecule has 2 aromatic rings. The molecule has 90 valence electrons. The number of imidazole rings is 1. The van der Waals surface area contributed by atoms with E-state index in [1.807, 2.05) is 12.1 Å². The van der Waals surface area contributed by atoms with E-state index in [-0.39, 0.29) is 11.9 Å². The van der Waals surface area contributed by atoms with Crippen LogP contribution in [0.15, 0.2) is 36.7 Å². The number of aromatic amines is 1. The molecular weight excluding hydrogens is 217 g/mol. The molecule has 2 rings (SSSR count). The van der Waals surface area contributed by atoms with Crippen LogP contribution in [-0.2, 0) is 6.54 Å². The van der Waals surface area contributed by atoms with E-state index in [9.17, 15) is 4.39 Å². The lowest BCUT2D eigenvalue weighted by molar-refractivity contribution is 0.509. The Labute approximate surface area is 100 Å². The van der Waals surface area contributed by atoms with E-state index in [4.69, 9.17) is 0 Å². The Hall–Kier alpha value is -1.68. The molecule has 4 heteroatoms. The third kappa shape index (κ3) is 3.14. The number of hydrogen-bond acceptors (Lipinski definition) is 2. The largest absolute Gasteiger partial charge is 0.348 e. The zero-order valence-corrected chi connectivity index (χ0v) is 9.78. The molecular formula is C13H16FN3. The zero-order chi connectivity index (χ0) is 12.1. The number of nitrogens with one attached hydrogen (secondary N) is 2. The summed E-state index contributed by atoms with van der Waals surface area (Å²) in [4.78, 5) is 7.20. The fourth-order valence-corrected chi connectivity index (χ4v) is 1.81. The highest BCUT2D eigenvalue weighted by Crippen LogP contribution is 2.17. The highest BCUT2D eigenvalue weighted by atomic mass is 19.1. The minimum absolute atomic E-state index is 0.199. The van der Waals surface area contributed by atoms with Crippen LogP contribution in [-0.4, -0.2) is 9.97 Å². The molecule has 0 aliphatic carbocycles. The monoisotopic (exact) mass is 233 g/mol. The van der Waals surface area contributed by atoms with Gasteiger partial charge in [-0.05, 0) is 24.1 Å². The number of nitrogens with zero attached hydrogens (tertiary/aromatic N) is 1. The van der Waals surface area contributed by atoms with Gasteiger partial charge in [0.25, 0.3) is 0 Å². The maximum atomic E-state index is 12.8. The average Bonchev–Trinajstić information content (AvgIpc) is 2.85. The van der Waals surface area contributed by atoms with Gasteiger partial charge < -0.3 is 10.3 Å². The van der Waals surface area contributed by atoms with Gasteiger partial charge in [0, 0.05) is 18.4 Å². The first-order valence-corrected chi connectivity index (χ1v) is 5.76. The molecule has 0 aliphatic rings. The second-order valence-corrected chi connectivity index (χ2v) is 3.93. The normalized spacial score (nSPS) is 12.6. The number of halogens is 1. The van der Waals surface area contributed by atoms with E-state index in [2.05, 4.69) is 22.2 Å². The maximum absolute atomic E-state index is 12.8. The summed E-state index contributed by atoms with van der Waals surface area (Å²) in [6.45, 7) is 2.78. The Morgan fingerprint density at radius 3 is 2.71 bits per heavy atom. The van der Waals surface area contributed by atoms with Crippen molar-refractivity contribution in [3.63, 3.8) is 0 Å². The number of H-pyrrole nitrogens is 1. The predicted molar refractivity (Wildman–Crippen MR) is 64.9 cm³/mol. The molecule has 2 N–H and O–H groups in total. The average molecular weight is 233 g/mol. The smallest absolute Gasteiger partial charge is 0.123 e. The molecule has 0 amide bonds. The van der Waals surface area contributed by atoms with Crippen LogP contribution in [0, 0.1) is 5.82 Å². The molecule has 0 fully saturated rings. The molecule has 17 heavy (non-hydrogen) atoms. The van der Waals surface area contributed by atoms with Gasteiger partial charge in [-0.25, -0.2) is 9.37 Å². The van der Waals surface area contributed by atoms with Crippen LogP contribution >= 0.6 is 0 Å². The van der Waals surface area contributed by atoms with Gasteiger partial charge in [0.1, 0.15) is 11.6 Å². The quantitative estimate of drug-likeness (QED) is 0.833. The van der Waals surface area contributed by atoms with Gasteiger partial charge in [0.15, 0.2) is 0 Å². The molecule has 1 aromatic carbocycles. The Balaban J connectivity index is 1.99. The van der Waals surface area contributed by atoms with Gasteiger partial charge in [0.2, 0.25) is 0 Å². The molecule has 1 atom stereocenters. The number of aromatic nitrogens is 2. The zero-order valence-electron chi connectivity index (χ0n) is 9.78. The van der Waals surface area contributed by atoms with E-state index in [0.717, 1.165) is 17.8 Å². The number of rotatable bonds is 5. The van der Waals surface area contributed by atoms with Crippen LogP contribution in [0.25, 0.3) is 0 Å². The van der Waals surface area contributed by atoms with Gasteiger partial charge in [-0.2, -0.15) is 0 Å². The lowest BCUT2D eigenvalue weighted by Gasteiger charge is -2.16. The van der Waals surface area contributed by atoms with Crippen molar-refractivity contribution in [1.82, 2.24) is 15.3 Å². The highest BCUT2D eigenvalue weighted by Gasteiger charge is 2.09. The van der Waals surface area contributed by atoms with Gasteiger partial charge in [0.05, 0.1) is 6.54 Å². The van der Waals surface area contributed by atoms with Gasteiger partial charge >= 0.3 is 0 Å². The SMILES string of the molecule is CCC(NCc1ncc[nH]1)c1ccc(F)cc1. The summed E-state index contributed by atoms with van der Waals surface area (Å²) in [6.07, 6.45) is 4.48. The van der Waals surface area contributed by atoms with Crippen molar-refractivity contribution in [2.75, 3.05) is 0 Å². The second-order valence-electron chi connectivity index (χ2n) is 3.93. The number of hydrogen-bond donors (Lipinski definition) is 2. The van der Waals surface area contributed by atoms with E-state index >= 15 is 0 Å². The molecule has 0 bridgehead atoms. The number of benzene rings is 1. The van der Waals surface area contributed by atoms with Crippen molar-refractivity contribution in [3.8, 4) is 0 Å². The summed E-state index contributed by atoms with van der Waals surface area (Å²) in [5.74, 6) is 0.709. The second kappa shape index (κ2) is 5.59. The van der Waals surface area contributed by atoms with E-state index in [0.29, 0.717) is 6.54 Å². The molecule has 0 radical (unpaired) electrons. The fourth-order valence-electron chi connectivity index (χ4n) is 1.81. The third-order valence-corrected chi connectivity index (χ3v) is 2.75. The summed E-state index contributed by atoms with van der Waals surface area (Å²) in [5.41, 5.74) is 1.10. The summed E-state index contributed by atoms with van der Waals surface area (Å²) in [7, 11) is 0. The van der Waals surface area contributed by atoms with Crippen molar-refractivity contribution in [2.45, 2.75) is 25.9 Å². The molecule has 3 nitrogen and oxygen atoms in total. The van der Waals surface area contributed by atoms with Crippen LogP contribution in [0.2, 0.25) is 0 Å². The molecule has 0 saturated heterocycles. The van der Waals surface area contributed by atoms with Crippen LogP contribution in [0.3, 0.4) is 0 Å². The first-order valence-electron chi connectivity index (χ1n) is 5.76. The third-order valence-electron chi connectivity index (χ3n) is 2.75. The Morgan fingerprint density at radius 1 is 1.35 bits per heavy atom. The van der Waals surface area contributed by atoms with Gasteiger partial charge in [-0.3, -0.25) is 0 Å². The van der Waals surface area contributed by atoms with E-state index in [1.54, 1.807) is 12.4 Å². The summed E-state index contributed by atoms with van der Waals surface area (Å²) < 4.78 is 12.8. The molecule has 0 spiro atoms. The first-order chi connectivity index (χ1) is 8.29. The molecule has 1 unspecified atom stereocenters. The maximum Gasteiger partial charge on any atom is 0.123 e. The first kappa shape index (κ1) is 11.8. The lowest BCUT2D eigenvalue weighted by Crippen LogP contribution is -2.20. The van der Waals surface area contributed by atoms with Crippen LogP contribution in [0.1, 0.15) is 30.8 Å². The topological polar surface area (TPSA) is 40.7 Å². The van der Waals surface area contributed by atoms with Gasteiger partial charge in [-0.1, -0.05) is 19.1 Å². The lowest BCUT2D eigenvalue weighted by atomic mass is 10.0. The predicted octanol–water partition coefficient (Wildman–Crippen LogP) is 2.79. The van der Waals surface area contributed by atoms with Crippen molar-refractivity contribution in [2.24, 2.45) is 0 Å². The van der Waals surface area contributed by atoms with Crippen molar-refractivity contribution in [1.29, 1.82) is 0 Å². The highest BCUT2D eigenvalue weighted by molar-refractivity contribution is 5.19. The standard InChI is InChI=1S/C13H16FN3/c1-2-12(10-3-5-11(14)6-4-10)17-9-13-15-7-8-16-13/h3-8,12,17H,2,9H2,1H3,(H,15,16). The minimum atomic E-state index is -0.199. The Morgan fingerprint density at radius 2 is 2.12 bits per heavy atom. The summed E-state index contributed by atoms with van der Waals surface area (Å²) in [6, 6.07) is 6.84. The molecule has 0 aliphatic heterocycles. The van der Waals surface area contributed by atoms with Crippen LogP contribution in [0.5, 0.6) is 0 Å². The van der Waals surface area contributed by atoms with E-state index in [1.165, 1.54) is 12.1 Å². The fraction of sp³-hybridized carbons (Fsp3) is 0.308. The van der Waals surface area contributed by atoms with Crippen molar-refractivity contribution >= 4 is 0 Å². The minimum Gasteiger partial charge on any atom is -0.348 e. The molecule has 1 heterocycles. The summed E-state index contributed by atoms with van der Waals surface area (Å²) >= 11 is 0. The van der Waals surface area contributed by atoms with Crippen molar-refractivity contribution in [3.05, 3.63) is 53.9 Å². The Kier molecular flexibility index (Phi) is 3.88. The van der Waals surface area contributed by atoms with Crippen molar-refractivity contribution < 1.29 is 4.39 Å². The van der Waals surface area contributed by atoms with Gasteiger partial charge in [-0.15, -0.1) is 0 Å². The Bertz CT molecular complexity index is 436. The molecule has 0 saturated carbocycles. The summed E-state index contributed by atoms with van der Waals surface area (Å²) in [5, 5.41) is 3.39.